The van der Waals surface area contributed by atoms with Crippen molar-refractivity contribution >= 4 is 11.8 Å². The quantitative estimate of drug-likeness (QED) is 0.653. The molecule has 0 heterocycles. The minimum Gasteiger partial charge on any atom is -0.313 e. The average molecular weight is 286 g/mol. The van der Waals surface area contributed by atoms with Crippen LogP contribution in [0.4, 0.5) is 0 Å². The van der Waals surface area contributed by atoms with E-state index in [9.17, 15) is 0 Å². The minimum absolute atomic E-state index is 0.462. The first kappa shape index (κ1) is 17.4. The van der Waals surface area contributed by atoms with Gasteiger partial charge in [-0.25, -0.2) is 0 Å². The minimum atomic E-state index is 0.462. The number of nitrogens with one attached hydrogen (secondary N) is 1. The Bertz CT molecular complexity index is 227. The molecule has 0 amide bonds. The second-order valence-electron chi connectivity index (χ2n) is 6.68. The van der Waals surface area contributed by atoms with Gasteiger partial charge in [0.05, 0.1) is 0 Å². The molecule has 1 saturated carbocycles. The van der Waals surface area contributed by atoms with Crippen molar-refractivity contribution in [2.75, 3.05) is 12.8 Å². The van der Waals surface area contributed by atoms with Crippen molar-refractivity contribution < 1.29 is 0 Å². The molecular formula is C17H35NS. The van der Waals surface area contributed by atoms with Crippen molar-refractivity contribution in [3.8, 4) is 0 Å². The summed E-state index contributed by atoms with van der Waals surface area (Å²) in [5, 5.41) is 3.89. The predicted octanol–water partition coefficient (Wildman–Crippen LogP) is 5.10. The molecule has 1 fully saturated rings. The third-order valence-electron chi connectivity index (χ3n) is 5.39. The molecule has 19 heavy (non-hydrogen) atoms. The van der Waals surface area contributed by atoms with Crippen LogP contribution in [0.3, 0.4) is 0 Å². The maximum Gasteiger partial charge on any atom is 0.0276 e. The smallest absolute Gasteiger partial charge is 0.0276 e. The fraction of sp³-hybridized carbons (Fsp3) is 1.00. The Hall–Kier alpha value is 0.310. The fourth-order valence-electron chi connectivity index (χ4n) is 3.39. The Morgan fingerprint density at radius 3 is 2.32 bits per heavy atom. The van der Waals surface area contributed by atoms with Crippen LogP contribution in [0.15, 0.2) is 0 Å². The maximum atomic E-state index is 3.89. The molecule has 1 nitrogen and oxygen atoms in total. The first-order valence-corrected chi connectivity index (χ1v) is 9.58. The van der Waals surface area contributed by atoms with Crippen molar-refractivity contribution in [3.05, 3.63) is 0 Å². The van der Waals surface area contributed by atoms with Gasteiger partial charge in [0.15, 0.2) is 0 Å². The lowest BCUT2D eigenvalue weighted by atomic mass is 9.89. The summed E-state index contributed by atoms with van der Waals surface area (Å²) >= 11 is 2.05. The Labute approximate surface area is 125 Å². The van der Waals surface area contributed by atoms with Gasteiger partial charge in [-0.2, -0.15) is 11.8 Å². The van der Waals surface area contributed by atoms with Crippen LogP contribution in [0.5, 0.6) is 0 Å². The molecule has 0 bridgehead atoms. The molecule has 114 valence electrons. The van der Waals surface area contributed by atoms with E-state index in [1.807, 2.05) is 0 Å². The molecule has 2 unspecified atom stereocenters. The fourth-order valence-corrected chi connectivity index (χ4v) is 4.20. The zero-order valence-corrected chi connectivity index (χ0v) is 14.6. The van der Waals surface area contributed by atoms with E-state index in [-0.39, 0.29) is 0 Å². The van der Waals surface area contributed by atoms with Crippen LogP contribution >= 0.6 is 11.8 Å². The summed E-state index contributed by atoms with van der Waals surface area (Å²) in [6.07, 6.45) is 11.9. The molecule has 1 aliphatic carbocycles. The van der Waals surface area contributed by atoms with Gasteiger partial charge in [-0.3, -0.25) is 0 Å². The highest BCUT2D eigenvalue weighted by molar-refractivity contribution is 8.00. The second-order valence-corrected chi connectivity index (χ2v) is 7.96. The van der Waals surface area contributed by atoms with Gasteiger partial charge in [-0.15, -0.1) is 0 Å². The van der Waals surface area contributed by atoms with E-state index in [2.05, 4.69) is 51.0 Å². The summed E-state index contributed by atoms with van der Waals surface area (Å²) in [5.41, 5.74) is 0. The third kappa shape index (κ3) is 5.30. The monoisotopic (exact) mass is 285 g/mol. The number of rotatable bonds is 7. The molecule has 0 aromatic carbocycles. The van der Waals surface area contributed by atoms with E-state index >= 15 is 0 Å². The summed E-state index contributed by atoms with van der Waals surface area (Å²) in [6.45, 7) is 10.7. The van der Waals surface area contributed by atoms with Crippen LogP contribution < -0.4 is 5.32 Å². The standard InChI is InChI=1S/C17H35NS/c1-6-17(7-2,19-5)13-18-16-10-8-9-15(11-12-16)14(3)4/h14-16,18H,6-13H2,1-5H3. The highest BCUT2D eigenvalue weighted by Gasteiger charge is 2.27. The molecule has 1 rings (SSSR count). The first-order valence-electron chi connectivity index (χ1n) is 8.35. The second kappa shape index (κ2) is 8.56. The molecule has 0 aromatic heterocycles. The molecular weight excluding hydrogens is 250 g/mol. The van der Waals surface area contributed by atoms with Crippen LogP contribution in [0.1, 0.15) is 72.6 Å². The summed E-state index contributed by atoms with van der Waals surface area (Å²) in [7, 11) is 0. The highest BCUT2D eigenvalue weighted by Crippen LogP contribution is 2.32. The topological polar surface area (TPSA) is 12.0 Å². The molecule has 0 spiro atoms. The number of hydrogen-bond donors (Lipinski definition) is 1. The van der Waals surface area contributed by atoms with Crippen LogP contribution in [-0.2, 0) is 0 Å². The Morgan fingerprint density at radius 1 is 1.11 bits per heavy atom. The van der Waals surface area contributed by atoms with E-state index in [0.717, 1.165) is 17.9 Å². The van der Waals surface area contributed by atoms with Gasteiger partial charge in [0.1, 0.15) is 0 Å². The molecule has 1 aliphatic rings. The van der Waals surface area contributed by atoms with Crippen molar-refractivity contribution in [3.63, 3.8) is 0 Å². The van der Waals surface area contributed by atoms with Crippen LogP contribution in [0, 0.1) is 11.8 Å². The van der Waals surface area contributed by atoms with E-state index in [1.165, 1.54) is 51.5 Å². The molecule has 0 radical (unpaired) electrons. The van der Waals surface area contributed by atoms with Gasteiger partial charge < -0.3 is 5.32 Å². The van der Waals surface area contributed by atoms with Gasteiger partial charge in [0.2, 0.25) is 0 Å². The summed E-state index contributed by atoms with van der Waals surface area (Å²) < 4.78 is 0.462. The van der Waals surface area contributed by atoms with Gasteiger partial charge >= 0.3 is 0 Å². The van der Waals surface area contributed by atoms with Crippen molar-refractivity contribution in [2.24, 2.45) is 11.8 Å². The largest absolute Gasteiger partial charge is 0.313 e. The van der Waals surface area contributed by atoms with E-state index < -0.39 is 0 Å². The van der Waals surface area contributed by atoms with Crippen LogP contribution in [-0.4, -0.2) is 23.6 Å². The summed E-state index contributed by atoms with van der Waals surface area (Å²) in [5.74, 6) is 1.84. The SMILES string of the molecule is CCC(CC)(CNC1CCCC(C(C)C)CC1)SC. The molecule has 0 aliphatic heterocycles. The lowest BCUT2D eigenvalue weighted by molar-refractivity contribution is 0.336. The highest BCUT2D eigenvalue weighted by atomic mass is 32.2. The Kier molecular flexibility index (Phi) is 7.83. The van der Waals surface area contributed by atoms with E-state index in [1.54, 1.807) is 0 Å². The molecule has 0 saturated heterocycles. The summed E-state index contributed by atoms with van der Waals surface area (Å²) in [4.78, 5) is 0. The van der Waals surface area contributed by atoms with E-state index in [4.69, 9.17) is 0 Å². The Morgan fingerprint density at radius 2 is 1.79 bits per heavy atom. The summed E-state index contributed by atoms with van der Waals surface area (Å²) in [6, 6.07) is 0.772. The normalized spacial score (nSPS) is 25.6. The van der Waals surface area contributed by atoms with Gasteiger partial charge in [-0.1, -0.05) is 40.5 Å². The van der Waals surface area contributed by atoms with Gasteiger partial charge in [0, 0.05) is 17.3 Å². The zero-order chi connectivity index (χ0) is 14.3. The van der Waals surface area contributed by atoms with Gasteiger partial charge in [-0.05, 0) is 50.2 Å². The third-order valence-corrected chi connectivity index (χ3v) is 6.98. The lowest BCUT2D eigenvalue weighted by Crippen LogP contribution is -2.41. The number of thioether (sulfide) groups is 1. The van der Waals surface area contributed by atoms with E-state index in [0.29, 0.717) is 4.75 Å². The molecule has 0 aromatic rings. The zero-order valence-electron chi connectivity index (χ0n) is 13.8. The van der Waals surface area contributed by atoms with Crippen molar-refractivity contribution in [1.82, 2.24) is 5.32 Å². The first-order chi connectivity index (χ1) is 9.06. The molecule has 1 N–H and O–H groups in total. The lowest BCUT2D eigenvalue weighted by Gasteiger charge is -2.32. The maximum absolute atomic E-state index is 3.89. The molecule has 2 atom stereocenters. The van der Waals surface area contributed by atoms with Crippen LogP contribution in [0.2, 0.25) is 0 Å². The average Bonchev–Trinajstić information content (AvgIpc) is 2.67. The Balaban J connectivity index is 2.41. The van der Waals surface area contributed by atoms with Crippen molar-refractivity contribution in [1.29, 1.82) is 0 Å². The van der Waals surface area contributed by atoms with Crippen LogP contribution in [0.25, 0.3) is 0 Å². The van der Waals surface area contributed by atoms with Crippen molar-refractivity contribution in [2.45, 2.75) is 83.4 Å². The van der Waals surface area contributed by atoms with Gasteiger partial charge in [0.25, 0.3) is 0 Å². The molecule has 2 heteroatoms. The predicted molar refractivity (Wildman–Crippen MR) is 90.0 cm³/mol. The number of hydrogen-bond acceptors (Lipinski definition) is 2.